The zero-order valence-corrected chi connectivity index (χ0v) is 10.8. The smallest absolute Gasteiger partial charge is 0.223 e. The minimum atomic E-state index is 0.0750. The topological polar surface area (TPSA) is 114 Å². The number of aromatic nitrogens is 2. The highest BCUT2D eigenvalue weighted by atomic mass is 79.9. The van der Waals surface area contributed by atoms with E-state index in [1.165, 1.54) is 0 Å². The monoisotopic (exact) mass is 304 g/mol. The van der Waals surface area contributed by atoms with Crippen LogP contribution in [0.1, 0.15) is 5.56 Å². The van der Waals surface area contributed by atoms with Crippen LogP contribution in [0.3, 0.4) is 0 Å². The first-order chi connectivity index (χ1) is 8.58. The number of hydrogen-bond acceptors (Lipinski definition) is 6. The summed E-state index contributed by atoms with van der Waals surface area (Å²) in [6.45, 7) is 0. The lowest BCUT2D eigenvalue weighted by Gasteiger charge is -2.08. The number of rotatable bonds is 2. The van der Waals surface area contributed by atoms with Crippen molar-refractivity contribution in [3.05, 3.63) is 34.3 Å². The summed E-state index contributed by atoms with van der Waals surface area (Å²) in [5, 5.41) is 12.0. The maximum atomic E-state index is 9.01. The molecular formula is C11H9BrN6. The highest BCUT2D eigenvalue weighted by Crippen LogP contribution is 2.24. The molecule has 0 saturated carbocycles. The van der Waals surface area contributed by atoms with Crippen molar-refractivity contribution in [3.8, 4) is 6.07 Å². The highest BCUT2D eigenvalue weighted by molar-refractivity contribution is 9.10. The molecule has 90 valence electrons. The SMILES string of the molecule is N#Cc1ccc(Br)cc1Nc1cc(N)nc(N)n1. The average molecular weight is 305 g/mol. The summed E-state index contributed by atoms with van der Waals surface area (Å²) in [7, 11) is 0. The van der Waals surface area contributed by atoms with Gasteiger partial charge in [-0.05, 0) is 18.2 Å². The van der Waals surface area contributed by atoms with Crippen molar-refractivity contribution in [3.63, 3.8) is 0 Å². The quantitative estimate of drug-likeness (QED) is 0.782. The lowest BCUT2D eigenvalue weighted by Crippen LogP contribution is -2.03. The number of halogens is 1. The molecule has 2 rings (SSSR count). The first-order valence-electron chi connectivity index (χ1n) is 4.95. The number of benzene rings is 1. The molecule has 0 spiro atoms. The summed E-state index contributed by atoms with van der Waals surface area (Å²) < 4.78 is 0.846. The molecule has 5 N–H and O–H groups in total. The minimum Gasteiger partial charge on any atom is -0.383 e. The van der Waals surface area contributed by atoms with Gasteiger partial charge in [-0.25, -0.2) is 0 Å². The van der Waals surface area contributed by atoms with Crippen LogP contribution in [-0.4, -0.2) is 9.97 Å². The van der Waals surface area contributed by atoms with Crippen LogP contribution in [-0.2, 0) is 0 Å². The number of nitrogens with one attached hydrogen (secondary N) is 1. The molecule has 7 heteroatoms. The predicted molar refractivity (Wildman–Crippen MR) is 73.0 cm³/mol. The van der Waals surface area contributed by atoms with Gasteiger partial charge in [-0.1, -0.05) is 15.9 Å². The van der Waals surface area contributed by atoms with Gasteiger partial charge in [0.1, 0.15) is 17.7 Å². The average Bonchev–Trinajstić information content (AvgIpc) is 2.27. The lowest BCUT2D eigenvalue weighted by molar-refractivity contribution is 1.19. The number of nitriles is 1. The van der Waals surface area contributed by atoms with Crippen molar-refractivity contribution < 1.29 is 0 Å². The van der Waals surface area contributed by atoms with Crippen LogP contribution in [0, 0.1) is 11.3 Å². The highest BCUT2D eigenvalue weighted by Gasteiger charge is 2.05. The maximum Gasteiger partial charge on any atom is 0.223 e. The van der Waals surface area contributed by atoms with Crippen LogP contribution in [0.4, 0.5) is 23.3 Å². The van der Waals surface area contributed by atoms with Gasteiger partial charge in [0.05, 0.1) is 11.3 Å². The van der Waals surface area contributed by atoms with Crippen LogP contribution in [0.15, 0.2) is 28.7 Å². The van der Waals surface area contributed by atoms with E-state index < -0.39 is 0 Å². The molecule has 0 bridgehead atoms. The van der Waals surface area contributed by atoms with Crippen LogP contribution in [0.25, 0.3) is 0 Å². The van der Waals surface area contributed by atoms with Gasteiger partial charge in [0.2, 0.25) is 5.95 Å². The van der Waals surface area contributed by atoms with Crippen LogP contribution < -0.4 is 16.8 Å². The Balaban J connectivity index is 2.39. The Morgan fingerprint density at radius 1 is 1.22 bits per heavy atom. The Labute approximate surface area is 112 Å². The molecule has 0 radical (unpaired) electrons. The van der Waals surface area contributed by atoms with Gasteiger partial charge >= 0.3 is 0 Å². The molecule has 2 aromatic rings. The fourth-order valence-corrected chi connectivity index (χ4v) is 1.77. The zero-order chi connectivity index (χ0) is 13.1. The summed E-state index contributed by atoms with van der Waals surface area (Å²) in [6.07, 6.45) is 0. The van der Waals surface area contributed by atoms with Gasteiger partial charge in [0, 0.05) is 10.5 Å². The predicted octanol–water partition coefficient (Wildman–Crippen LogP) is 2.02. The summed E-state index contributed by atoms with van der Waals surface area (Å²) in [5.41, 5.74) is 12.2. The van der Waals surface area contributed by atoms with Crippen molar-refractivity contribution >= 4 is 39.2 Å². The Morgan fingerprint density at radius 2 is 2.00 bits per heavy atom. The van der Waals surface area contributed by atoms with Gasteiger partial charge in [0.25, 0.3) is 0 Å². The van der Waals surface area contributed by atoms with Crippen molar-refractivity contribution in [1.82, 2.24) is 9.97 Å². The van der Waals surface area contributed by atoms with E-state index in [9.17, 15) is 0 Å². The Kier molecular flexibility index (Phi) is 3.30. The molecule has 0 atom stereocenters. The third-order valence-electron chi connectivity index (χ3n) is 2.13. The van der Waals surface area contributed by atoms with Crippen LogP contribution >= 0.6 is 15.9 Å². The van der Waals surface area contributed by atoms with E-state index in [0.29, 0.717) is 17.1 Å². The first-order valence-corrected chi connectivity index (χ1v) is 5.74. The van der Waals surface area contributed by atoms with Crippen molar-refractivity contribution in [2.45, 2.75) is 0 Å². The standard InChI is InChI=1S/C11H9BrN6/c12-7-2-1-6(5-13)8(3-7)16-10-4-9(14)17-11(15)18-10/h1-4H,(H5,14,15,16,17,18). The normalized spacial score (nSPS) is 9.78. The lowest BCUT2D eigenvalue weighted by atomic mass is 10.2. The number of nitrogen functional groups attached to an aromatic ring is 2. The molecule has 0 fully saturated rings. The molecule has 6 nitrogen and oxygen atoms in total. The molecule has 0 aliphatic rings. The fourth-order valence-electron chi connectivity index (χ4n) is 1.40. The second kappa shape index (κ2) is 4.89. The van der Waals surface area contributed by atoms with E-state index in [1.54, 1.807) is 24.3 Å². The van der Waals surface area contributed by atoms with Gasteiger partial charge in [-0.3, -0.25) is 0 Å². The number of hydrogen-bond donors (Lipinski definition) is 3. The van der Waals surface area contributed by atoms with Gasteiger partial charge in [-0.15, -0.1) is 0 Å². The van der Waals surface area contributed by atoms with Crippen molar-refractivity contribution in [1.29, 1.82) is 5.26 Å². The van der Waals surface area contributed by atoms with E-state index >= 15 is 0 Å². The molecule has 0 unspecified atom stereocenters. The largest absolute Gasteiger partial charge is 0.383 e. The third kappa shape index (κ3) is 2.67. The van der Waals surface area contributed by atoms with Gasteiger partial charge in [-0.2, -0.15) is 15.2 Å². The molecular weight excluding hydrogens is 296 g/mol. The number of nitrogens with two attached hydrogens (primary N) is 2. The number of nitrogens with zero attached hydrogens (tertiary/aromatic N) is 3. The molecule has 1 heterocycles. The first kappa shape index (κ1) is 12.1. The van der Waals surface area contributed by atoms with E-state index in [0.717, 1.165) is 4.47 Å². The molecule has 18 heavy (non-hydrogen) atoms. The minimum absolute atomic E-state index is 0.0750. The van der Waals surface area contributed by atoms with Crippen LogP contribution in [0.2, 0.25) is 0 Å². The van der Waals surface area contributed by atoms with Gasteiger partial charge < -0.3 is 16.8 Å². The fraction of sp³-hybridized carbons (Fsp3) is 0. The van der Waals surface area contributed by atoms with Crippen LogP contribution in [0.5, 0.6) is 0 Å². The molecule has 0 aliphatic carbocycles. The zero-order valence-electron chi connectivity index (χ0n) is 9.18. The molecule has 1 aromatic heterocycles. The molecule has 0 amide bonds. The Bertz CT molecular complexity index is 614. The van der Waals surface area contributed by atoms with E-state index in [2.05, 4.69) is 37.3 Å². The summed E-state index contributed by atoms with van der Waals surface area (Å²) in [5.74, 6) is 0.777. The second-order valence-corrected chi connectivity index (χ2v) is 4.38. The van der Waals surface area contributed by atoms with Crippen molar-refractivity contribution in [2.24, 2.45) is 0 Å². The maximum absolute atomic E-state index is 9.01. The third-order valence-corrected chi connectivity index (χ3v) is 2.62. The summed E-state index contributed by atoms with van der Waals surface area (Å²) in [4.78, 5) is 7.75. The summed E-state index contributed by atoms with van der Waals surface area (Å²) >= 11 is 3.34. The number of anilines is 4. The molecule has 1 aromatic carbocycles. The Morgan fingerprint density at radius 3 is 2.67 bits per heavy atom. The Hall–Kier alpha value is -2.33. The van der Waals surface area contributed by atoms with Gasteiger partial charge in [0.15, 0.2) is 0 Å². The van der Waals surface area contributed by atoms with Crippen molar-refractivity contribution in [2.75, 3.05) is 16.8 Å². The van der Waals surface area contributed by atoms with E-state index in [4.69, 9.17) is 16.7 Å². The summed E-state index contributed by atoms with van der Waals surface area (Å²) in [6, 6.07) is 8.87. The molecule has 0 saturated heterocycles. The van der Waals surface area contributed by atoms with E-state index in [1.807, 2.05) is 0 Å². The second-order valence-electron chi connectivity index (χ2n) is 3.46. The van der Waals surface area contributed by atoms with E-state index in [-0.39, 0.29) is 11.8 Å². The molecule has 0 aliphatic heterocycles.